The first kappa shape index (κ1) is 18.9. The number of ether oxygens (including phenoxy) is 1. The van der Waals surface area contributed by atoms with Gasteiger partial charge in [-0.25, -0.2) is 8.42 Å². The zero-order chi connectivity index (χ0) is 18.0. The van der Waals surface area contributed by atoms with Gasteiger partial charge in [0.05, 0.1) is 17.9 Å². The Morgan fingerprint density at radius 3 is 2.29 bits per heavy atom. The van der Waals surface area contributed by atoms with E-state index in [1.54, 1.807) is 16.4 Å². The molecule has 1 aliphatic rings. The van der Waals surface area contributed by atoms with Crippen LogP contribution in [0.5, 0.6) is 0 Å². The van der Waals surface area contributed by atoms with Crippen LogP contribution in [-0.2, 0) is 19.6 Å². The SMILES string of the molecule is COC(=O)C(C)CC1(C)CCN(S(=O)(=O)c2ccc(C)cc2)CC1. The lowest BCUT2D eigenvalue weighted by Gasteiger charge is -2.39. The molecule has 1 saturated heterocycles. The van der Waals surface area contributed by atoms with Crippen molar-refractivity contribution in [3.05, 3.63) is 29.8 Å². The monoisotopic (exact) mass is 353 g/mol. The fraction of sp³-hybridized carbons (Fsp3) is 0.611. The Morgan fingerprint density at radius 2 is 1.79 bits per heavy atom. The van der Waals surface area contributed by atoms with Crippen molar-refractivity contribution >= 4 is 16.0 Å². The fourth-order valence-corrected chi connectivity index (χ4v) is 4.80. The van der Waals surface area contributed by atoms with Gasteiger partial charge in [-0.3, -0.25) is 4.79 Å². The summed E-state index contributed by atoms with van der Waals surface area (Å²) >= 11 is 0. The number of benzene rings is 1. The first-order valence-corrected chi connectivity index (χ1v) is 9.77. The Labute approximate surface area is 145 Å². The van der Waals surface area contributed by atoms with Gasteiger partial charge >= 0.3 is 5.97 Å². The average Bonchev–Trinajstić information content (AvgIpc) is 2.54. The number of hydrogen-bond donors (Lipinski definition) is 0. The zero-order valence-corrected chi connectivity index (χ0v) is 15.7. The van der Waals surface area contributed by atoms with Gasteiger partial charge in [-0.15, -0.1) is 0 Å². The maximum atomic E-state index is 12.7. The molecule has 1 fully saturated rings. The lowest BCUT2D eigenvalue weighted by Crippen LogP contribution is -2.43. The van der Waals surface area contributed by atoms with Crippen LogP contribution < -0.4 is 0 Å². The summed E-state index contributed by atoms with van der Waals surface area (Å²) in [6, 6.07) is 6.97. The van der Waals surface area contributed by atoms with Crippen LogP contribution in [0.4, 0.5) is 0 Å². The van der Waals surface area contributed by atoms with Crippen molar-refractivity contribution in [2.75, 3.05) is 20.2 Å². The quantitative estimate of drug-likeness (QED) is 0.764. The highest BCUT2D eigenvalue weighted by molar-refractivity contribution is 7.89. The lowest BCUT2D eigenvalue weighted by atomic mass is 9.74. The van der Waals surface area contributed by atoms with Crippen molar-refractivity contribution in [1.29, 1.82) is 0 Å². The first-order valence-electron chi connectivity index (χ1n) is 8.33. The van der Waals surface area contributed by atoms with Gasteiger partial charge in [-0.1, -0.05) is 31.5 Å². The van der Waals surface area contributed by atoms with E-state index in [1.165, 1.54) is 7.11 Å². The van der Waals surface area contributed by atoms with Crippen LogP contribution in [-0.4, -0.2) is 38.9 Å². The molecule has 0 bridgehead atoms. The molecule has 0 amide bonds. The lowest BCUT2D eigenvalue weighted by molar-refractivity contribution is -0.146. The number of piperidine rings is 1. The molecular formula is C18H27NO4S. The van der Waals surface area contributed by atoms with Gasteiger partial charge in [0.15, 0.2) is 0 Å². The number of sulfonamides is 1. The Bertz CT molecular complexity index is 673. The van der Waals surface area contributed by atoms with Gasteiger partial charge in [0.25, 0.3) is 0 Å². The molecule has 0 radical (unpaired) electrons. The number of hydrogen-bond acceptors (Lipinski definition) is 4. The summed E-state index contributed by atoms with van der Waals surface area (Å²) < 4.78 is 31.8. The highest BCUT2D eigenvalue weighted by atomic mass is 32.2. The van der Waals surface area contributed by atoms with Crippen molar-refractivity contribution in [3.63, 3.8) is 0 Å². The van der Waals surface area contributed by atoms with Crippen molar-refractivity contribution in [2.24, 2.45) is 11.3 Å². The van der Waals surface area contributed by atoms with E-state index >= 15 is 0 Å². The second-order valence-electron chi connectivity index (χ2n) is 7.16. The molecule has 0 aliphatic carbocycles. The second kappa shape index (κ2) is 7.23. The minimum atomic E-state index is -3.44. The number of aryl methyl sites for hydroxylation is 1. The normalized spacial score (nSPS) is 19.7. The van der Waals surface area contributed by atoms with Crippen molar-refractivity contribution in [2.45, 2.75) is 44.9 Å². The maximum Gasteiger partial charge on any atom is 0.308 e. The van der Waals surface area contributed by atoms with Crippen LogP contribution in [0.15, 0.2) is 29.2 Å². The molecule has 1 aliphatic heterocycles. The van der Waals surface area contributed by atoms with E-state index in [9.17, 15) is 13.2 Å². The number of rotatable bonds is 5. The molecule has 5 nitrogen and oxygen atoms in total. The summed E-state index contributed by atoms with van der Waals surface area (Å²) in [5.41, 5.74) is 1.00. The molecule has 0 spiro atoms. The Hall–Kier alpha value is -1.40. The van der Waals surface area contributed by atoms with E-state index in [0.29, 0.717) is 18.0 Å². The van der Waals surface area contributed by atoms with E-state index in [0.717, 1.165) is 24.8 Å². The summed E-state index contributed by atoms with van der Waals surface area (Å²) in [6.07, 6.45) is 2.22. The molecule has 0 saturated carbocycles. The van der Waals surface area contributed by atoms with Crippen LogP contribution in [0.3, 0.4) is 0 Å². The van der Waals surface area contributed by atoms with Crippen LogP contribution in [0.25, 0.3) is 0 Å². The molecule has 1 unspecified atom stereocenters. The minimum Gasteiger partial charge on any atom is -0.469 e. The van der Waals surface area contributed by atoms with E-state index < -0.39 is 10.0 Å². The van der Waals surface area contributed by atoms with E-state index in [2.05, 4.69) is 6.92 Å². The number of esters is 1. The van der Waals surface area contributed by atoms with Gasteiger partial charge in [0, 0.05) is 13.1 Å². The smallest absolute Gasteiger partial charge is 0.308 e. The molecule has 1 heterocycles. The Kier molecular flexibility index (Phi) is 5.71. The van der Waals surface area contributed by atoms with E-state index in [-0.39, 0.29) is 17.3 Å². The molecule has 24 heavy (non-hydrogen) atoms. The molecule has 1 aromatic carbocycles. The van der Waals surface area contributed by atoms with Crippen molar-refractivity contribution in [1.82, 2.24) is 4.31 Å². The van der Waals surface area contributed by atoms with Crippen LogP contribution in [0, 0.1) is 18.3 Å². The van der Waals surface area contributed by atoms with Crippen LogP contribution >= 0.6 is 0 Å². The molecule has 0 aromatic heterocycles. The highest BCUT2D eigenvalue weighted by Gasteiger charge is 2.37. The van der Waals surface area contributed by atoms with Gasteiger partial charge in [-0.05, 0) is 43.7 Å². The number of carbonyl (C=O) groups excluding carboxylic acids is 1. The first-order chi connectivity index (χ1) is 11.2. The molecule has 0 N–H and O–H groups in total. The van der Waals surface area contributed by atoms with Gasteiger partial charge in [0.1, 0.15) is 0 Å². The summed E-state index contributed by atoms with van der Waals surface area (Å²) in [5, 5.41) is 0. The standard InChI is InChI=1S/C18H27NO4S/c1-14-5-7-16(8-6-14)24(21,22)19-11-9-18(3,10-12-19)13-15(2)17(20)23-4/h5-8,15H,9-13H2,1-4H3. The minimum absolute atomic E-state index is 0.0348. The van der Waals surface area contributed by atoms with Crippen molar-refractivity contribution in [3.8, 4) is 0 Å². The van der Waals surface area contributed by atoms with Crippen molar-refractivity contribution < 1.29 is 17.9 Å². The summed E-state index contributed by atoms with van der Waals surface area (Å²) in [4.78, 5) is 12.0. The Balaban J connectivity index is 2.03. The largest absolute Gasteiger partial charge is 0.469 e. The van der Waals surface area contributed by atoms with Gasteiger partial charge < -0.3 is 4.74 Å². The Morgan fingerprint density at radius 1 is 1.25 bits per heavy atom. The third-order valence-corrected chi connectivity index (χ3v) is 6.90. The molecule has 2 rings (SSSR count). The third kappa shape index (κ3) is 4.16. The number of nitrogens with zero attached hydrogens (tertiary/aromatic N) is 1. The molecule has 134 valence electrons. The van der Waals surface area contributed by atoms with Crippen LogP contribution in [0.1, 0.15) is 38.7 Å². The molecule has 1 aromatic rings. The number of methoxy groups -OCH3 is 1. The zero-order valence-electron chi connectivity index (χ0n) is 14.9. The van der Waals surface area contributed by atoms with Gasteiger partial charge in [0.2, 0.25) is 10.0 Å². The van der Waals surface area contributed by atoms with E-state index in [1.807, 2.05) is 26.0 Å². The van der Waals surface area contributed by atoms with E-state index in [4.69, 9.17) is 4.74 Å². The average molecular weight is 353 g/mol. The second-order valence-corrected chi connectivity index (χ2v) is 9.09. The molecule has 6 heteroatoms. The number of carbonyl (C=O) groups is 1. The maximum absolute atomic E-state index is 12.7. The predicted molar refractivity (Wildman–Crippen MR) is 93.1 cm³/mol. The third-order valence-electron chi connectivity index (χ3n) is 4.99. The van der Waals surface area contributed by atoms with Crippen LogP contribution in [0.2, 0.25) is 0 Å². The molecule has 1 atom stereocenters. The molecular weight excluding hydrogens is 326 g/mol. The summed E-state index contributed by atoms with van der Waals surface area (Å²) in [5.74, 6) is -0.369. The summed E-state index contributed by atoms with van der Waals surface area (Å²) in [6.45, 7) is 6.90. The predicted octanol–water partition coefficient (Wildman–Crippen LogP) is 2.99. The summed E-state index contributed by atoms with van der Waals surface area (Å²) in [7, 11) is -2.04. The van der Waals surface area contributed by atoms with Gasteiger partial charge in [-0.2, -0.15) is 4.31 Å². The highest BCUT2D eigenvalue weighted by Crippen LogP contribution is 2.38. The topological polar surface area (TPSA) is 63.7 Å². The fourth-order valence-electron chi connectivity index (χ4n) is 3.35.